The fourth-order valence-electron chi connectivity index (χ4n) is 3.47. The van der Waals surface area contributed by atoms with Crippen LogP contribution in [0.3, 0.4) is 0 Å². The standard InChI is InChI=1S/C19H26N4O2/c1-13-18(14(2)22-21-13)20-17(24)12-23-10-8-16(9-11-23)19(25)15-6-4-3-5-7-15/h3-7,16,19,25H,8-12H2,1-2H3,(H,20,24)(H,21,22). The molecule has 0 bridgehead atoms. The van der Waals surface area contributed by atoms with E-state index in [2.05, 4.69) is 20.4 Å². The maximum atomic E-state index is 12.3. The summed E-state index contributed by atoms with van der Waals surface area (Å²) in [5.41, 5.74) is 3.43. The molecule has 0 aliphatic carbocycles. The van der Waals surface area contributed by atoms with Crippen LogP contribution in [0.15, 0.2) is 30.3 Å². The number of hydrogen-bond donors (Lipinski definition) is 3. The molecule has 6 nitrogen and oxygen atoms in total. The number of nitrogens with one attached hydrogen (secondary N) is 2. The molecule has 1 unspecified atom stereocenters. The molecule has 1 aromatic heterocycles. The summed E-state index contributed by atoms with van der Waals surface area (Å²) in [5.74, 6) is 0.231. The first-order valence-electron chi connectivity index (χ1n) is 8.81. The molecule has 0 radical (unpaired) electrons. The van der Waals surface area contributed by atoms with Crippen LogP contribution in [0.4, 0.5) is 5.69 Å². The van der Waals surface area contributed by atoms with E-state index >= 15 is 0 Å². The number of aliphatic hydroxyl groups excluding tert-OH is 1. The van der Waals surface area contributed by atoms with Crippen molar-refractivity contribution in [1.82, 2.24) is 15.1 Å². The van der Waals surface area contributed by atoms with Crippen molar-refractivity contribution in [3.05, 3.63) is 47.3 Å². The number of benzene rings is 1. The highest BCUT2D eigenvalue weighted by Gasteiger charge is 2.27. The minimum Gasteiger partial charge on any atom is -0.388 e. The normalized spacial score (nSPS) is 17.4. The lowest BCUT2D eigenvalue weighted by Gasteiger charge is -2.34. The predicted octanol–water partition coefficient (Wildman–Crippen LogP) is 2.41. The molecule has 6 heteroatoms. The number of aromatic amines is 1. The zero-order valence-electron chi connectivity index (χ0n) is 14.8. The van der Waals surface area contributed by atoms with Crippen LogP contribution in [0.2, 0.25) is 0 Å². The Kier molecular flexibility index (Phi) is 5.50. The highest BCUT2D eigenvalue weighted by molar-refractivity contribution is 5.93. The molecule has 134 valence electrons. The summed E-state index contributed by atoms with van der Waals surface area (Å²) in [6, 6.07) is 9.82. The Morgan fingerprint density at radius 2 is 2.00 bits per heavy atom. The number of anilines is 1. The third-order valence-corrected chi connectivity index (χ3v) is 4.98. The van der Waals surface area contributed by atoms with Crippen LogP contribution >= 0.6 is 0 Å². The summed E-state index contributed by atoms with van der Waals surface area (Å²) in [5, 5.41) is 20.4. The number of aryl methyl sites for hydroxylation is 2. The van der Waals surface area contributed by atoms with Crippen LogP contribution in [-0.2, 0) is 4.79 Å². The molecule has 1 aliphatic heterocycles. The summed E-state index contributed by atoms with van der Waals surface area (Å²) in [6.07, 6.45) is 1.37. The van der Waals surface area contributed by atoms with Gasteiger partial charge in [0.2, 0.25) is 5.91 Å². The molecule has 25 heavy (non-hydrogen) atoms. The largest absolute Gasteiger partial charge is 0.388 e. The number of carbonyl (C=O) groups excluding carboxylic acids is 1. The molecule has 3 rings (SSSR count). The number of hydrogen-bond acceptors (Lipinski definition) is 4. The fourth-order valence-corrected chi connectivity index (χ4v) is 3.47. The summed E-state index contributed by atoms with van der Waals surface area (Å²) in [6.45, 7) is 5.79. The first kappa shape index (κ1) is 17.6. The molecule has 1 amide bonds. The number of piperidine rings is 1. The van der Waals surface area contributed by atoms with E-state index in [-0.39, 0.29) is 11.8 Å². The topological polar surface area (TPSA) is 81.2 Å². The van der Waals surface area contributed by atoms with Crippen molar-refractivity contribution in [3.63, 3.8) is 0 Å². The summed E-state index contributed by atoms with van der Waals surface area (Å²) in [4.78, 5) is 14.4. The van der Waals surface area contributed by atoms with E-state index in [4.69, 9.17) is 0 Å². The van der Waals surface area contributed by atoms with Gasteiger partial charge in [-0.2, -0.15) is 5.10 Å². The Hall–Kier alpha value is -2.18. The van der Waals surface area contributed by atoms with Gasteiger partial charge < -0.3 is 10.4 Å². The van der Waals surface area contributed by atoms with E-state index < -0.39 is 6.10 Å². The number of carbonyl (C=O) groups is 1. The predicted molar refractivity (Wildman–Crippen MR) is 97.3 cm³/mol. The van der Waals surface area contributed by atoms with Crippen molar-refractivity contribution in [1.29, 1.82) is 0 Å². The zero-order valence-corrected chi connectivity index (χ0v) is 14.8. The number of H-pyrrole nitrogens is 1. The van der Waals surface area contributed by atoms with Gasteiger partial charge in [-0.15, -0.1) is 0 Å². The van der Waals surface area contributed by atoms with Crippen molar-refractivity contribution in [2.45, 2.75) is 32.8 Å². The first-order chi connectivity index (χ1) is 12.0. The lowest BCUT2D eigenvalue weighted by Crippen LogP contribution is -2.40. The Bertz CT molecular complexity index is 686. The average molecular weight is 342 g/mol. The Balaban J connectivity index is 1.48. The number of nitrogens with zero attached hydrogens (tertiary/aromatic N) is 2. The van der Waals surface area contributed by atoms with Gasteiger partial charge in [0.25, 0.3) is 0 Å². The van der Waals surface area contributed by atoms with Crippen LogP contribution in [0, 0.1) is 19.8 Å². The maximum Gasteiger partial charge on any atom is 0.238 e. The van der Waals surface area contributed by atoms with Crippen LogP contribution in [0.1, 0.15) is 35.9 Å². The molecular weight excluding hydrogens is 316 g/mol. The van der Waals surface area contributed by atoms with Crippen molar-refractivity contribution >= 4 is 11.6 Å². The number of aromatic nitrogens is 2. The quantitative estimate of drug-likeness (QED) is 0.779. The Labute approximate surface area is 148 Å². The molecule has 0 saturated carbocycles. The van der Waals surface area contributed by atoms with Gasteiger partial charge in [0.15, 0.2) is 0 Å². The second-order valence-electron chi connectivity index (χ2n) is 6.83. The molecule has 1 fully saturated rings. The van der Waals surface area contributed by atoms with Gasteiger partial charge in [0, 0.05) is 0 Å². The van der Waals surface area contributed by atoms with Crippen molar-refractivity contribution in [3.8, 4) is 0 Å². The van der Waals surface area contributed by atoms with Gasteiger partial charge in [-0.1, -0.05) is 30.3 Å². The molecule has 2 heterocycles. The van der Waals surface area contributed by atoms with E-state index in [1.54, 1.807) is 0 Å². The number of amides is 1. The third kappa shape index (κ3) is 4.27. The number of likely N-dealkylation sites (tertiary alicyclic amines) is 1. The summed E-state index contributed by atoms with van der Waals surface area (Å²) in [7, 11) is 0. The molecule has 0 spiro atoms. The average Bonchev–Trinajstić information content (AvgIpc) is 2.94. The van der Waals surface area contributed by atoms with E-state index in [1.807, 2.05) is 44.2 Å². The minimum atomic E-state index is -0.423. The van der Waals surface area contributed by atoms with Gasteiger partial charge in [-0.25, -0.2) is 0 Å². The molecule has 3 N–H and O–H groups in total. The Morgan fingerprint density at radius 3 is 2.60 bits per heavy atom. The third-order valence-electron chi connectivity index (χ3n) is 4.98. The van der Waals surface area contributed by atoms with Gasteiger partial charge in [-0.05, 0) is 51.3 Å². The van der Waals surface area contributed by atoms with Gasteiger partial charge in [0.1, 0.15) is 0 Å². The summed E-state index contributed by atoms with van der Waals surface area (Å²) >= 11 is 0. The van der Waals surface area contributed by atoms with Gasteiger partial charge in [0.05, 0.1) is 29.7 Å². The maximum absolute atomic E-state index is 12.3. The highest BCUT2D eigenvalue weighted by atomic mass is 16.3. The minimum absolute atomic E-state index is 0.0188. The summed E-state index contributed by atoms with van der Waals surface area (Å²) < 4.78 is 0. The highest BCUT2D eigenvalue weighted by Crippen LogP contribution is 2.30. The van der Waals surface area contributed by atoms with Crippen LogP contribution in [0.25, 0.3) is 0 Å². The van der Waals surface area contributed by atoms with E-state index in [1.165, 1.54) is 0 Å². The smallest absolute Gasteiger partial charge is 0.238 e. The Morgan fingerprint density at radius 1 is 1.32 bits per heavy atom. The molecular formula is C19H26N4O2. The van der Waals surface area contributed by atoms with Crippen molar-refractivity contribution in [2.75, 3.05) is 25.0 Å². The van der Waals surface area contributed by atoms with E-state index in [0.29, 0.717) is 6.54 Å². The second-order valence-corrected chi connectivity index (χ2v) is 6.83. The molecule has 2 aromatic rings. The van der Waals surface area contributed by atoms with Gasteiger partial charge in [-0.3, -0.25) is 14.8 Å². The van der Waals surface area contributed by atoms with Gasteiger partial charge >= 0.3 is 0 Å². The zero-order chi connectivity index (χ0) is 17.8. The number of aliphatic hydroxyl groups is 1. The van der Waals surface area contributed by atoms with Crippen molar-refractivity contribution in [2.24, 2.45) is 5.92 Å². The molecule has 1 saturated heterocycles. The lowest BCUT2D eigenvalue weighted by atomic mass is 9.87. The van der Waals surface area contributed by atoms with Crippen LogP contribution in [-0.4, -0.2) is 45.7 Å². The van der Waals surface area contributed by atoms with Crippen LogP contribution < -0.4 is 5.32 Å². The fraction of sp³-hybridized carbons (Fsp3) is 0.474. The molecule has 1 aliphatic rings. The second kappa shape index (κ2) is 7.80. The monoisotopic (exact) mass is 342 g/mol. The molecule has 1 atom stereocenters. The van der Waals surface area contributed by atoms with Crippen molar-refractivity contribution < 1.29 is 9.90 Å². The lowest BCUT2D eigenvalue weighted by molar-refractivity contribution is -0.117. The van der Waals surface area contributed by atoms with E-state index in [0.717, 1.165) is 48.6 Å². The SMILES string of the molecule is Cc1n[nH]c(C)c1NC(=O)CN1CCC(C(O)c2ccccc2)CC1. The molecule has 1 aromatic carbocycles. The number of rotatable bonds is 5. The van der Waals surface area contributed by atoms with E-state index in [9.17, 15) is 9.90 Å². The van der Waals surface area contributed by atoms with Crippen LogP contribution in [0.5, 0.6) is 0 Å². The first-order valence-corrected chi connectivity index (χ1v) is 8.81.